The second kappa shape index (κ2) is 4.42. The standard InChI is InChI=1S/C12H16BF2NO3/c1-11(2)12(3,4)19-13(18-11)9-7(14)6-8(17-5)16-10(9)15/h6H,1-5H3/i5D3,6D. The van der Waals surface area contributed by atoms with Gasteiger partial charge in [-0.25, -0.2) is 4.39 Å². The fourth-order valence-electron chi connectivity index (χ4n) is 1.64. The lowest BCUT2D eigenvalue weighted by atomic mass is 9.79. The van der Waals surface area contributed by atoms with E-state index in [-0.39, 0.29) is 0 Å². The van der Waals surface area contributed by atoms with Gasteiger partial charge in [0.2, 0.25) is 11.8 Å². The molecule has 1 aliphatic rings. The Morgan fingerprint density at radius 1 is 1.32 bits per heavy atom. The van der Waals surface area contributed by atoms with E-state index in [0.29, 0.717) is 0 Å². The van der Waals surface area contributed by atoms with Crippen molar-refractivity contribution in [1.29, 1.82) is 0 Å². The number of hydrogen-bond acceptors (Lipinski definition) is 4. The highest BCUT2D eigenvalue weighted by molar-refractivity contribution is 6.62. The molecule has 1 fully saturated rings. The van der Waals surface area contributed by atoms with Gasteiger partial charge in [-0.15, -0.1) is 0 Å². The van der Waals surface area contributed by atoms with Gasteiger partial charge in [0, 0.05) is 6.04 Å². The highest BCUT2D eigenvalue weighted by atomic mass is 19.1. The monoisotopic (exact) mass is 275 g/mol. The van der Waals surface area contributed by atoms with E-state index < -0.39 is 54.5 Å². The van der Waals surface area contributed by atoms with Crippen LogP contribution in [0.5, 0.6) is 5.88 Å². The lowest BCUT2D eigenvalue weighted by molar-refractivity contribution is 0.00578. The minimum atomic E-state index is -2.98. The average molecular weight is 275 g/mol. The number of aromatic nitrogens is 1. The van der Waals surface area contributed by atoms with Gasteiger partial charge in [-0.05, 0) is 27.7 Å². The Morgan fingerprint density at radius 2 is 1.89 bits per heavy atom. The Hall–Kier alpha value is -1.21. The molecule has 4 nitrogen and oxygen atoms in total. The van der Waals surface area contributed by atoms with Gasteiger partial charge in [0.1, 0.15) is 5.82 Å². The topological polar surface area (TPSA) is 40.6 Å². The van der Waals surface area contributed by atoms with Crippen molar-refractivity contribution < 1.29 is 28.3 Å². The van der Waals surface area contributed by atoms with Crippen LogP contribution < -0.4 is 10.2 Å². The molecule has 1 aromatic rings. The summed E-state index contributed by atoms with van der Waals surface area (Å²) in [5.41, 5.74) is -2.37. The van der Waals surface area contributed by atoms with Crippen molar-refractivity contribution in [1.82, 2.24) is 4.98 Å². The summed E-state index contributed by atoms with van der Waals surface area (Å²) in [5.74, 6) is -3.65. The van der Waals surface area contributed by atoms with Gasteiger partial charge in [0.15, 0.2) is 0 Å². The Balaban J connectivity index is 2.45. The van der Waals surface area contributed by atoms with Crippen molar-refractivity contribution >= 4 is 12.6 Å². The van der Waals surface area contributed by atoms with Gasteiger partial charge in [-0.2, -0.15) is 9.37 Å². The number of pyridine rings is 1. The fraction of sp³-hybridized carbons (Fsp3) is 0.583. The molecule has 7 heteroatoms. The Kier molecular flexibility index (Phi) is 2.25. The van der Waals surface area contributed by atoms with Crippen LogP contribution in [0.1, 0.15) is 33.2 Å². The van der Waals surface area contributed by atoms with E-state index >= 15 is 0 Å². The summed E-state index contributed by atoms with van der Waals surface area (Å²) in [7, 11) is -4.38. The molecule has 2 rings (SSSR count). The molecule has 1 aliphatic heterocycles. The minimum Gasteiger partial charge on any atom is -0.481 e. The zero-order chi connectivity index (χ0) is 17.8. The molecule has 0 aliphatic carbocycles. The number of halogens is 2. The SMILES string of the molecule is [2H]c1c(OC([2H])([2H])[2H])nc(F)c(B2OC(C)(C)C(C)(C)O2)c1F. The van der Waals surface area contributed by atoms with Crippen LogP contribution in [0.15, 0.2) is 6.04 Å². The van der Waals surface area contributed by atoms with Gasteiger partial charge in [-0.3, -0.25) is 0 Å². The van der Waals surface area contributed by atoms with Crippen LogP contribution in [0, 0.1) is 11.8 Å². The minimum absolute atomic E-state index is 0.688. The summed E-state index contributed by atoms with van der Waals surface area (Å²) in [5, 5.41) is 0. The second-order valence-electron chi connectivity index (χ2n) is 5.25. The van der Waals surface area contributed by atoms with E-state index in [1.165, 1.54) is 0 Å². The lowest BCUT2D eigenvalue weighted by Gasteiger charge is -2.32. The lowest BCUT2D eigenvalue weighted by Crippen LogP contribution is -2.41. The van der Waals surface area contributed by atoms with Crippen molar-refractivity contribution in [3.63, 3.8) is 0 Å². The maximum Gasteiger partial charge on any atom is 0.502 e. The Labute approximate surface area is 116 Å². The third kappa shape index (κ3) is 2.32. The molecule has 0 unspecified atom stereocenters. The number of nitrogens with zero attached hydrogens (tertiary/aromatic N) is 1. The number of rotatable bonds is 2. The molecule has 0 spiro atoms. The predicted molar refractivity (Wildman–Crippen MR) is 66.4 cm³/mol. The zero-order valence-corrected chi connectivity index (χ0v) is 11.0. The molecule has 0 atom stereocenters. The highest BCUT2D eigenvalue weighted by Crippen LogP contribution is 2.36. The summed E-state index contributed by atoms with van der Waals surface area (Å²) in [6.07, 6.45) is 0. The third-order valence-electron chi connectivity index (χ3n) is 3.46. The molecule has 104 valence electrons. The van der Waals surface area contributed by atoms with Crippen molar-refractivity contribution in [2.45, 2.75) is 38.9 Å². The number of hydrogen-bond donors (Lipinski definition) is 0. The van der Waals surface area contributed by atoms with Crippen LogP contribution >= 0.6 is 0 Å². The molecule has 0 aromatic carbocycles. The molecular formula is C12H16BF2NO3. The summed E-state index contributed by atoms with van der Waals surface area (Å²) < 4.78 is 72.3. The molecule has 1 saturated heterocycles. The maximum atomic E-state index is 14.4. The van der Waals surface area contributed by atoms with Crippen molar-refractivity contribution in [2.75, 3.05) is 7.04 Å². The maximum absolute atomic E-state index is 14.4. The van der Waals surface area contributed by atoms with Crippen LogP contribution in [-0.2, 0) is 9.31 Å². The van der Waals surface area contributed by atoms with Crippen molar-refractivity contribution in [3.05, 3.63) is 17.8 Å². The first kappa shape index (κ1) is 9.66. The van der Waals surface area contributed by atoms with E-state index in [9.17, 15) is 8.78 Å². The summed E-state index contributed by atoms with van der Waals surface area (Å²) >= 11 is 0. The van der Waals surface area contributed by atoms with E-state index in [0.717, 1.165) is 0 Å². The van der Waals surface area contributed by atoms with Crippen molar-refractivity contribution in [3.8, 4) is 5.88 Å². The fourth-order valence-corrected chi connectivity index (χ4v) is 1.64. The van der Waals surface area contributed by atoms with Gasteiger partial charge >= 0.3 is 7.12 Å². The first-order valence-electron chi connectivity index (χ1n) is 7.65. The molecule has 2 heterocycles. The normalized spacial score (nSPS) is 24.4. The summed E-state index contributed by atoms with van der Waals surface area (Å²) in [6, 6.07) is -0.979. The van der Waals surface area contributed by atoms with Crippen molar-refractivity contribution in [2.24, 2.45) is 0 Å². The van der Waals surface area contributed by atoms with Gasteiger partial charge < -0.3 is 14.0 Å². The zero-order valence-electron chi connectivity index (χ0n) is 15.0. The average Bonchev–Trinajstić information content (AvgIpc) is 2.53. The number of ether oxygens (including phenoxy) is 1. The Morgan fingerprint density at radius 3 is 2.42 bits per heavy atom. The van der Waals surface area contributed by atoms with Gasteiger partial charge in [0.05, 0.1) is 29.2 Å². The largest absolute Gasteiger partial charge is 0.502 e. The number of methoxy groups -OCH3 is 1. The third-order valence-corrected chi connectivity index (χ3v) is 3.46. The molecule has 19 heavy (non-hydrogen) atoms. The van der Waals surface area contributed by atoms with E-state index in [2.05, 4.69) is 9.72 Å². The smallest absolute Gasteiger partial charge is 0.481 e. The highest BCUT2D eigenvalue weighted by Gasteiger charge is 2.53. The molecule has 0 saturated carbocycles. The first-order chi connectivity index (χ1) is 10.3. The van der Waals surface area contributed by atoms with Gasteiger partial charge in [-0.1, -0.05) is 0 Å². The molecule has 0 N–H and O–H groups in total. The van der Waals surface area contributed by atoms with Crippen LogP contribution in [0.3, 0.4) is 0 Å². The van der Waals surface area contributed by atoms with E-state index in [1.54, 1.807) is 27.7 Å². The van der Waals surface area contributed by atoms with Crippen LogP contribution in [0.2, 0.25) is 0 Å². The molecule has 1 aromatic heterocycles. The predicted octanol–water partition coefficient (Wildman–Crippen LogP) is 1.67. The second-order valence-corrected chi connectivity index (χ2v) is 5.25. The van der Waals surface area contributed by atoms with Crippen LogP contribution in [0.4, 0.5) is 8.78 Å². The van der Waals surface area contributed by atoms with E-state index in [4.69, 9.17) is 14.8 Å². The molecule has 0 amide bonds. The summed E-state index contributed by atoms with van der Waals surface area (Å²) in [4.78, 5) is 3.22. The van der Waals surface area contributed by atoms with Crippen LogP contribution in [0.25, 0.3) is 0 Å². The quantitative estimate of drug-likeness (QED) is 0.608. The summed E-state index contributed by atoms with van der Waals surface area (Å²) in [6.45, 7) is 6.79. The van der Waals surface area contributed by atoms with E-state index in [1.807, 2.05) is 0 Å². The molecular weight excluding hydrogens is 255 g/mol. The molecule has 0 radical (unpaired) electrons. The molecule has 0 bridgehead atoms. The van der Waals surface area contributed by atoms with Gasteiger partial charge in [0.25, 0.3) is 0 Å². The Bertz CT molecular complexity index is 624. The van der Waals surface area contributed by atoms with Crippen LogP contribution in [-0.4, -0.2) is 30.3 Å². The first-order valence-corrected chi connectivity index (χ1v) is 5.65.